The first-order chi connectivity index (χ1) is 13.9. The minimum absolute atomic E-state index is 0.0861. The van der Waals surface area contributed by atoms with Crippen molar-refractivity contribution in [3.63, 3.8) is 0 Å². The molecule has 3 rings (SSSR count). The number of para-hydroxylation sites is 1. The fourth-order valence-corrected chi connectivity index (χ4v) is 2.95. The number of rotatable bonds is 6. The number of nitro benzene ring substituents is 1. The van der Waals surface area contributed by atoms with Gasteiger partial charge in [0, 0.05) is 21.8 Å². The number of halogens is 2. The summed E-state index contributed by atoms with van der Waals surface area (Å²) in [5.41, 5.74) is 0.554. The zero-order valence-corrected chi connectivity index (χ0v) is 16.3. The third kappa shape index (κ3) is 5.84. The molecular formula is C20H14Cl2N2O5. The molecule has 0 spiro atoms. The van der Waals surface area contributed by atoms with Crippen LogP contribution in [0, 0.1) is 10.1 Å². The molecule has 7 nitrogen and oxygen atoms in total. The second-order valence-electron chi connectivity index (χ2n) is 5.83. The van der Waals surface area contributed by atoms with Crippen molar-refractivity contribution in [3.8, 4) is 11.5 Å². The highest BCUT2D eigenvalue weighted by molar-refractivity contribution is 6.35. The quantitative estimate of drug-likeness (QED) is 0.357. The number of hydrogen-bond donors (Lipinski definition) is 1. The summed E-state index contributed by atoms with van der Waals surface area (Å²) < 4.78 is 10.7. The van der Waals surface area contributed by atoms with Gasteiger partial charge in [-0.05, 0) is 42.0 Å². The van der Waals surface area contributed by atoms with Gasteiger partial charge < -0.3 is 9.47 Å². The average Bonchev–Trinajstić information content (AvgIpc) is 2.67. The lowest BCUT2D eigenvalue weighted by Gasteiger charge is -2.10. The van der Waals surface area contributed by atoms with Gasteiger partial charge in [-0.1, -0.05) is 47.5 Å². The van der Waals surface area contributed by atoms with Gasteiger partial charge in [-0.25, -0.2) is 4.79 Å². The Bertz CT molecular complexity index is 1020. The molecule has 0 bridgehead atoms. The normalized spacial score (nSPS) is 10.3. The SMILES string of the molecule is O=C(Nc1cc(Cl)cc(Cl)c1)OCc1ccc(Oc2ccccc2)c([N+](=O)[O-])c1. The van der Waals surface area contributed by atoms with Crippen LogP contribution >= 0.6 is 23.2 Å². The van der Waals surface area contributed by atoms with E-state index in [1.165, 1.54) is 30.3 Å². The van der Waals surface area contributed by atoms with Crippen molar-refractivity contribution in [2.75, 3.05) is 5.32 Å². The molecule has 0 saturated carbocycles. The summed E-state index contributed by atoms with van der Waals surface area (Å²) in [7, 11) is 0. The highest BCUT2D eigenvalue weighted by atomic mass is 35.5. The van der Waals surface area contributed by atoms with Gasteiger partial charge in [0.1, 0.15) is 12.4 Å². The van der Waals surface area contributed by atoms with E-state index in [-0.39, 0.29) is 18.0 Å². The highest BCUT2D eigenvalue weighted by Crippen LogP contribution is 2.32. The van der Waals surface area contributed by atoms with Crippen LogP contribution in [0.25, 0.3) is 0 Å². The van der Waals surface area contributed by atoms with Crippen molar-refractivity contribution in [1.29, 1.82) is 0 Å². The van der Waals surface area contributed by atoms with Gasteiger partial charge in [-0.15, -0.1) is 0 Å². The number of anilines is 1. The maximum absolute atomic E-state index is 12.0. The Kier molecular flexibility index (Phi) is 6.54. The molecule has 0 aliphatic rings. The summed E-state index contributed by atoms with van der Waals surface area (Å²) in [5.74, 6) is 0.558. The Morgan fingerprint density at radius 3 is 2.34 bits per heavy atom. The molecule has 0 aliphatic carbocycles. The second-order valence-corrected chi connectivity index (χ2v) is 6.71. The molecule has 148 valence electrons. The highest BCUT2D eigenvalue weighted by Gasteiger charge is 2.17. The molecule has 0 fully saturated rings. The first-order valence-corrected chi connectivity index (χ1v) is 9.06. The first-order valence-electron chi connectivity index (χ1n) is 8.31. The number of ether oxygens (including phenoxy) is 2. The third-order valence-corrected chi connectivity index (χ3v) is 4.11. The topological polar surface area (TPSA) is 90.7 Å². The molecule has 29 heavy (non-hydrogen) atoms. The van der Waals surface area contributed by atoms with Crippen LogP contribution in [0.2, 0.25) is 10.0 Å². The van der Waals surface area contributed by atoms with Crippen molar-refractivity contribution in [3.05, 3.63) is 92.5 Å². The predicted molar refractivity (Wildman–Crippen MR) is 110 cm³/mol. The van der Waals surface area contributed by atoms with Crippen molar-refractivity contribution >= 4 is 40.7 Å². The van der Waals surface area contributed by atoms with Crippen LogP contribution in [-0.4, -0.2) is 11.0 Å². The molecule has 0 unspecified atom stereocenters. The zero-order chi connectivity index (χ0) is 20.8. The molecule has 3 aromatic carbocycles. The molecule has 0 aromatic heterocycles. The number of carbonyl (C=O) groups is 1. The van der Waals surface area contributed by atoms with Gasteiger partial charge in [0.15, 0.2) is 0 Å². The van der Waals surface area contributed by atoms with Crippen molar-refractivity contribution < 1.29 is 19.2 Å². The van der Waals surface area contributed by atoms with Gasteiger partial charge in [0.2, 0.25) is 5.75 Å². The number of nitrogens with zero attached hydrogens (tertiary/aromatic N) is 1. The molecule has 0 radical (unpaired) electrons. The predicted octanol–water partition coefficient (Wildman–Crippen LogP) is 6.44. The van der Waals surface area contributed by atoms with E-state index in [1.807, 2.05) is 6.07 Å². The van der Waals surface area contributed by atoms with Crippen molar-refractivity contribution in [2.45, 2.75) is 6.61 Å². The zero-order valence-electron chi connectivity index (χ0n) is 14.8. The van der Waals surface area contributed by atoms with Crippen LogP contribution < -0.4 is 10.1 Å². The van der Waals surface area contributed by atoms with E-state index >= 15 is 0 Å². The second kappa shape index (κ2) is 9.27. The summed E-state index contributed by atoms with van der Waals surface area (Å²) in [6.45, 7) is -0.174. The summed E-state index contributed by atoms with van der Waals surface area (Å²) in [6.07, 6.45) is -0.754. The van der Waals surface area contributed by atoms with Gasteiger partial charge in [-0.2, -0.15) is 0 Å². The number of carbonyl (C=O) groups excluding carboxylic acids is 1. The van der Waals surface area contributed by atoms with Crippen LogP contribution in [0.1, 0.15) is 5.56 Å². The summed E-state index contributed by atoms with van der Waals surface area (Å²) in [6, 6.07) is 17.6. The largest absolute Gasteiger partial charge is 0.450 e. The third-order valence-electron chi connectivity index (χ3n) is 3.67. The lowest BCUT2D eigenvalue weighted by atomic mass is 10.2. The summed E-state index contributed by atoms with van der Waals surface area (Å²) >= 11 is 11.7. The molecular weight excluding hydrogens is 419 g/mol. The number of nitrogens with one attached hydrogen (secondary N) is 1. The summed E-state index contributed by atoms with van der Waals surface area (Å²) in [5, 5.41) is 14.6. The lowest BCUT2D eigenvalue weighted by molar-refractivity contribution is -0.385. The van der Waals surface area contributed by atoms with Crippen LogP contribution in [0.5, 0.6) is 11.5 Å². The van der Waals surface area contributed by atoms with E-state index in [1.54, 1.807) is 30.3 Å². The van der Waals surface area contributed by atoms with E-state index in [9.17, 15) is 14.9 Å². The van der Waals surface area contributed by atoms with Crippen LogP contribution in [0.4, 0.5) is 16.2 Å². The van der Waals surface area contributed by atoms with Gasteiger partial charge in [0.05, 0.1) is 4.92 Å². The van der Waals surface area contributed by atoms with E-state index in [2.05, 4.69) is 5.32 Å². The van der Waals surface area contributed by atoms with E-state index in [4.69, 9.17) is 32.7 Å². The number of benzene rings is 3. The van der Waals surface area contributed by atoms with Gasteiger partial charge in [0.25, 0.3) is 0 Å². The van der Waals surface area contributed by atoms with E-state index in [0.29, 0.717) is 27.0 Å². The van der Waals surface area contributed by atoms with Crippen LogP contribution in [0.3, 0.4) is 0 Å². The smallest absolute Gasteiger partial charge is 0.411 e. The van der Waals surface area contributed by atoms with Crippen LogP contribution in [-0.2, 0) is 11.3 Å². The Morgan fingerprint density at radius 1 is 1.00 bits per heavy atom. The van der Waals surface area contributed by atoms with Gasteiger partial charge >= 0.3 is 11.8 Å². The van der Waals surface area contributed by atoms with E-state index in [0.717, 1.165) is 0 Å². The fourth-order valence-electron chi connectivity index (χ4n) is 2.43. The average molecular weight is 433 g/mol. The van der Waals surface area contributed by atoms with E-state index < -0.39 is 11.0 Å². The monoisotopic (exact) mass is 432 g/mol. The standard InChI is InChI=1S/C20H14Cl2N2O5/c21-14-9-15(22)11-16(10-14)23-20(25)28-12-13-6-7-19(18(8-13)24(26)27)29-17-4-2-1-3-5-17/h1-11H,12H2,(H,23,25). The minimum Gasteiger partial charge on any atom is -0.450 e. The lowest BCUT2D eigenvalue weighted by Crippen LogP contribution is -2.13. The fraction of sp³-hybridized carbons (Fsp3) is 0.0500. The Morgan fingerprint density at radius 2 is 1.69 bits per heavy atom. The Labute approximate surface area is 175 Å². The molecule has 1 amide bonds. The molecule has 0 saturated heterocycles. The van der Waals surface area contributed by atoms with Gasteiger partial charge in [-0.3, -0.25) is 15.4 Å². The molecule has 0 aliphatic heterocycles. The molecule has 9 heteroatoms. The number of amides is 1. The molecule has 3 aromatic rings. The molecule has 0 atom stereocenters. The first kappa shape index (κ1) is 20.4. The van der Waals surface area contributed by atoms with Crippen molar-refractivity contribution in [2.24, 2.45) is 0 Å². The Hall–Kier alpha value is -3.29. The summed E-state index contributed by atoms with van der Waals surface area (Å²) in [4.78, 5) is 22.8. The molecule has 0 heterocycles. The molecule has 1 N–H and O–H groups in total. The minimum atomic E-state index is -0.754. The Balaban J connectivity index is 1.67. The van der Waals surface area contributed by atoms with Crippen molar-refractivity contribution in [1.82, 2.24) is 0 Å². The maximum atomic E-state index is 12.0. The number of nitro groups is 1. The van der Waals surface area contributed by atoms with Crippen LogP contribution in [0.15, 0.2) is 66.7 Å². The number of hydrogen-bond acceptors (Lipinski definition) is 5. The maximum Gasteiger partial charge on any atom is 0.411 e.